The van der Waals surface area contributed by atoms with Gasteiger partial charge in [0, 0.05) is 23.6 Å². The predicted molar refractivity (Wildman–Crippen MR) is 99.2 cm³/mol. The van der Waals surface area contributed by atoms with Gasteiger partial charge in [-0.3, -0.25) is 0 Å². The Labute approximate surface area is 147 Å². The summed E-state index contributed by atoms with van der Waals surface area (Å²) in [5.41, 5.74) is 4.80. The van der Waals surface area contributed by atoms with Crippen LogP contribution in [0, 0.1) is 0 Å². The molecule has 0 amide bonds. The Kier molecular flexibility index (Phi) is 4.26. The summed E-state index contributed by atoms with van der Waals surface area (Å²) in [5.74, 6) is 1.13. The van der Waals surface area contributed by atoms with E-state index in [9.17, 15) is 0 Å². The lowest BCUT2D eigenvalue weighted by atomic mass is 10.0. The molecule has 2 aromatic carbocycles. The first-order chi connectivity index (χ1) is 11.8. The highest BCUT2D eigenvalue weighted by molar-refractivity contribution is 6.30. The van der Waals surface area contributed by atoms with Gasteiger partial charge >= 0.3 is 0 Å². The predicted octanol–water partition coefficient (Wildman–Crippen LogP) is 4.86. The SMILES string of the molecule is Clc1cccc(-n2nc(Cc3ccccc3)c3c2NCCCC3)c1. The average Bonchev–Trinajstić information content (AvgIpc) is 2.78. The topological polar surface area (TPSA) is 29.9 Å². The summed E-state index contributed by atoms with van der Waals surface area (Å²) in [5, 5.41) is 9.24. The standard InChI is InChI=1S/C20H20ClN3/c21-16-9-6-10-17(14-16)24-20-18(11-4-5-12-22-20)19(23-24)13-15-7-2-1-3-8-15/h1-3,6-10,14,22H,4-5,11-13H2. The third kappa shape index (κ3) is 3.04. The van der Waals surface area contributed by atoms with Gasteiger partial charge in [-0.2, -0.15) is 5.10 Å². The zero-order chi connectivity index (χ0) is 16.4. The summed E-state index contributed by atoms with van der Waals surface area (Å²) >= 11 is 6.19. The Hall–Kier alpha value is -2.26. The highest BCUT2D eigenvalue weighted by Gasteiger charge is 2.20. The molecule has 4 heteroatoms. The van der Waals surface area contributed by atoms with E-state index in [1.807, 2.05) is 22.9 Å². The Morgan fingerprint density at radius 2 is 1.92 bits per heavy atom. The molecule has 122 valence electrons. The number of nitrogens with one attached hydrogen (secondary N) is 1. The molecule has 1 aliphatic heterocycles. The number of nitrogens with zero attached hydrogens (tertiary/aromatic N) is 2. The van der Waals surface area contributed by atoms with Crippen LogP contribution in [0.5, 0.6) is 0 Å². The van der Waals surface area contributed by atoms with Gasteiger partial charge in [-0.25, -0.2) is 4.68 Å². The fourth-order valence-corrected chi connectivity index (χ4v) is 3.48. The molecule has 24 heavy (non-hydrogen) atoms. The number of benzene rings is 2. The lowest BCUT2D eigenvalue weighted by Gasteiger charge is -2.09. The van der Waals surface area contributed by atoms with Gasteiger partial charge in [-0.15, -0.1) is 0 Å². The van der Waals surface area contributed by atoms with Crippen LogP contribution >= 0.6 is 11.6 Å². The number of anilines is 1. The van der Waals surface area contributed by atoms with Crippen molar-refractivity contribution in [2.75, 3.05) is 11.9 Å². The van der Waals surface area contributed by atoms with Crippen molar-refractivity contribution in [3.05, 3.63) is 76.4 Å². The number of halogens is 1. The second kappa shape index (κ2) is 6.70. The van der Waals surface area contributed by atoms with Gasteiger partial charge < -0.3 is 5.32 Å². The first-order valence-electron chi connectivity index (χ1n) is 8.46. The third-order valence-electron chi connectivity index (χ3n) is 4.48. The van der Waals surface area contributed by atoms with Crippen molar-refractivity contribution in [2.24, 2.45) is 0 Å². The van der Waals surface area contributed by atoms with Crippen molar-refractivity contribution < 1.29 is 0 Å². The molecular weight excluding hydrogens is 318 g/mol. The van der Waals surface area contributed by atoms with E-state index in [0.717, 1.165) is 41.6 Å². The van der Waals surface area contributed by atoms with Crippen molar-refractivity contribution in [3.8, 4) is 5.69 Å². The Morgan fingerprint density at radius 3 is 2.75 bits per heavy atom. The molecular formula is C20H20ClN3. The Balaban J connectivity index is 1.80. The summed E-state index contributed by atoms with van der Waals surface area (Å²) in [4.78, 5) is 0. The van der Waals surface area contributed by atoms with Crippen LogP contribution in [0.25, 0.3) is 5.69 Å². The van der Waals surface area contributed by atoms with Crippen LogP contribution in [0.15, 0.2) is 54.6 Å². The second-order valence-electron chi connectivity index (χ2n) is 6.21. The van der Waals surface area contributed by atoms with Crippen LogP contribution in [0.2, 0.25) is 5.02 Å². The average molecular weight is 338 g/mol. The zero-order valence-electron chi connectivity index (χ0n) is 13.5. The Morgan fingerprint density at radius 1 is 1.04 bits per heavy atom. The van der Waals surface area contributed by atoms with Crippen molar-refractivity contribution in [1.82, 2.24) is 9.78 Å². The van der Waals surface area contributed by atoms with Crippen molar-refractivity contribution in [2.45, 2.75) is 25.7 Å². The van der Waals surface area contributed by atoms with E-state index in [2.05, 4.69) is 41.7 Å². The fraction of sp³-hybridized carbons (Fsp3) is 0.250. The van der Waals surface area contributed by atoms with E-state index in [4.69, 9.17) is 16.7 Å². The summed E-state index contributed by atoms with van der Waals surface area (Å²) in [6.45, 7) is 0.990. The lowest BCUT2D eigenvalue weighted by Crippen LogP contribution is -2.07. The maximum atomic E-state index is 6.19. The molecule has 1 N–H and O–H groups in total. The van der Waals surface area contributed by atoms with E-state index >= 15 is 0 Å². The van der Waals surface area contributed by atoms with Gasteiger partial charge in [0.15, 0.2) is 0 Å². The normalized spacial score (nSPS) is 13.9. The lowest BCUT2D eigenvalue weighted by molar-refractivity contribution is 0.767. The minimum atomic E-state index is 0.731. The molecule has 0 bridgehead atoms. The maximum absolute atomic E-state index is 6.19. The zero-order valence-corrected chi connectivity index (χ0v) is 14.3. The first-order valence-corrected chi connectivity index (χ1v) is 8.83. The summed E-state index contributed by atoms with van der Waals surface area (Å²) in [7, 11) is 0. The van der Waals surface area contributed by atoms with Crippen LogP contribution < -0.4 is 5.32 Å². The largest absolute Gasteiger partial charge is 0.370 e. The summed E-state index contributed by atoms with van der Waals surface area (Å²) in [6, 6.07) is 18.4. The molecule has 0 aliphatic carbocycles. The van der Waals surface area contributed by atoms with Gasteiger partial charge in [0.05, 0.1) is 11.4 Å². The van der Waals surface area contributed by atoms with Crippen molar-refractivity contribution in [3.63, 3.8) is 0 Å². The van der Waals surface area contributed by atoms with E-state index < -0.39 is 0 Å². The van der Waals surface area contributed by atoms with Crippen molar-refractivity contribution >= 4 is 17.4 Å². The van der Waals surface area contributed by atoms with Gasteiger partial charge in [-0.05, 0) is 43.0 Å². The van der Waals surface area contributed by atoms with Gasteiger partial charge in [-0.1, -0.05) is 48.0 Å². The molecule has 1 aliphatic rings. The smallest absolute Gasteiger partial charge is 0.133 e. The molecule has 0 saturated heterocycles. The van der Waals surface area contributed by atoms with Crippen LogP contribution in [0.3, 0.4) is 0 Å². The molecule has 4 rings (SSSR count). The van der Waals surface area contributed by atoms with E-state index in [1.54, 1.807) is 0 Å². The number of rotatable bonds is 3. The van der Waals surface area contributed by atoms with Gasteiger partial charge in [0.1, 0.15) is 5.82 Å². The quantitative estimate of drug-likeness (QED) is 0.739. The second-order valence-corrected chi connectivity index (χ2v) is 6.65. The van der Waals surface area contributed by atoms with E-state index in [1.165, 1.54) is 24.0 Å². The molecule has 3 aromatic rings. The van der Waals surface area contributed by atoms with Crippen molar-refractivity contribution in [1.29, 1.82) is 0 Å². The van der Waals surface area contributed by atoms with Gasteiger partial charge in [0.2, 0.25) is 0 Å². The third-order valence-corrected chi connectivity index (χ3v) is 4.71. The minimum absolute atomic E-state index is 0.731. The van der Waals surface area contributed by atoms with E-state index in [0.29, 0.717) is 0 Å². The van der Waals surface area contributed by atoms with E-state index in [-0.39, 0.29) is 0 Å². The molecule has 0 unspecified atom stereocenters. The highest BCUT2D eigenvalue weighted by Crippen LogP contribution is 2.30. The number of hydrogen-bond acceptors (Lipinski definition) is 2. The molecule has 0 spiro atoms. The summed E-state index contributed by atoms with van der Waals surface area (Å²) < 4.78 is 2.02. The molecule has 0 radical (unpaired) electrons. The number of fused-ring (bicyclic) bond motifs is 1. The van der Waals surface area contributed by atoms with Crippen LogP contribution in [-0.4, -0.2) is 16.3 Å². The van der Waals surface area contributed by atoms with Crippen LogP contribution in [0.4, 0.5) is 5.82 Å². The number of hydrogen-bond donors (Lipinski definition) is 1. The molecule has 2 heterocycles. The molecule has 1 aromatic heterocycles. The van der Waals surface area contributed by atoms with Crippen LogP contribution in [-0.2, 0) is 12.8 Å². The molecule has 3 nitrogen and oxygen atoms in total. The fourth-order valence-electron chi connectivity index (χ4n) is 3.30. The molecule has 0 fully saturated rings. The molecule has 0 saturated carbocycles. The van der Waals surface area contributed by atoms with Crippen LogP contribution in [0.1, 0.15) is 29.7 Å². The first kappa shape index (κ1) is 15.3. The Bertz CT molecular complexity index is 839. The number of aromatic nitrogens is 2. The minimum Gasteiger partial charge on any atom is -0.370 e. The molecule has 0 atom stereocenters. The van der Waals surface area contributed by atoms with Gasteiger partial charge in [0.25, 0.3) is 0 Å². The highest BCUT2D eigenvalue weighted by atomic mass is 35.5. The monoisotopic (exact) mass is 337 g/mol. The maximum Gasteiger partial charge on any atom is 0.133 e. The summed E-state index contributed by atoms with van der Waals surface area (Å²) in [6.07, 6.45) is 4.32.